The largest absolute Gasteiger partial charge is 0.454 e. The molecule has 7 nitrogen and oxygen atoms in total. The van der Waals surface area contributed by atoms with Crippen molar-refractivity contribution in [1.82, 2.24) is 15.1 Å². The van der Waals surface area contributed by atoms with Crippen LogP contribution in [0.5, 0.6) is 11.5 Å². The minimum absolute atomic E-state index is 0.0805. The van der Waals surface area contributed by atoms with Crippen LogP contribution in [0.25, 0.3) is 0 Å². The molecule has 2 aliphatic rings. The predicted octanol–water partition coefficient (Wildman–Crippen LogP) is 2.26. The molecule has 1 saturated heterocycles. The molecule has 0 radical (unpaired) electrons. The van der Waals surface area contributed by atoms with Crippen molar-refractivity contribution in [2.24, 2.45) is 5.92 Å². The topological polar surface area (TPSA) is 76.7 Å². The first kappa shape index (κ1) is 16.0. The molecule has 2 aromatic rings. The molecule has 0 bridgehead atoms. The maximum atomic E-state index is 13.0. The summed E-state index contributed by atoms with van der Waals surface area (Å²) < 4.78 is 16.6. The molecule has 7 heteroatoms. The Morgan fingerprint density at radius 2 is 2.20 bits per heavy atom. The summed E-state index contributed by atoms with van der Waals surface area (Å²) in [5.74, 6) is 1.36. The van der Waals surface area contributed by atoms with Gasteiger partial charge in [0.25, 0.3) is 0 Å². The third-order valence-electron chi connectivity index (χ3n) is 4.70. The van der Waals surface area contributed by atoms with Crippen molar-refractivity contribution in [3.8, 4) is 11.5 Å². The molecule has 2 aliphatic heterocycles. The Morgan fingerprint density at radius 3 is 3.04 bits per heavy atom. The van der Waals surface area contributed by atoms with E-state index >= 15 is 0 Å². The first-order valence-electron chi connectivity index (χ1n) is 8.47. The Balaban J connectivity index is 1.47. The van der Waals surface area contributed by atoms with E-state index < -0.39 is 0 Å². The molecular formula is C18H21N3O4. The number of aromatic amines is 1. The third kappa shape index (κ3) is 3.19. The summed E-state index contributed by atoms with van der Waals surface area (Å²) in [5, 5.41) is 6.91. The van der Waals surface area contributed by atoms with Gasteiger partial charge in [0.15, 0.2) is 11.5 Å². The van der Waals surface area contributed by atoms with Gasteiger partial charge in [-0.3, -0.25) is 9.89 Å². The predicted molar refractivity (Wildman–Crippen MR) is 89.0 cm³/mol. The van der Waals surface area contributed by atoms with Crippen LogP contribution in [0.15, 0.2) is 30.5 Å². The number of nitrogens with zero attached hydrogens (tertiary/aromatic N) is 2. The number of aromatic nitrogens is 2. The smallest absolute Gasteiger partial charge is 0.231 e. The van der Waals surface area contributed by atoms with E-state index in [9.17, 15) is 4.79 Å². The van der Waals surface area contributed by atoms with Crippen molar-refractivity contribution in [3.05, 3.63) is 41.7 Å². The van der Waals surface area contributed by atoms with E-state index in [0.717, 1.165) is 35.6 Å². The van der Waals surface area contributed by atoms with Gasteiger partial charge in [-0.05, 0) is 36.6 Å². The summed E-state index contributed by atoms with van der Waals surface area (Å²) in [5.41, 5.74) is 1.87. The van der Waals surface area contributed by atoms with Crippen molar-refractivity contribution in [2.75, 3.05) is 20.4 Å². The molecule has 25 heavy (non-hydrogen) atoms. The molecule has 1 amide bonds. The van der Waals surface area contributed by atoms with E-state index in [2.05, 4.69) is 10.2 Å². The van der Waals surface area contributed by atoms with Crippen molar-refractivity contribution < 1.29 is 19.0 Å². The monoisotopic (exact) mass is 343 g/mol. The van der Waals surface area contributed by atoms with Gasteiger partial charge < -0.3 is 19.1 Å². The van der Waals surface area contributed by atoms with Gasteiger partial charge in [-0.2, -0.15) is 5.10 Å². The summed E-state index contributed by atoms with van der Waals surface area (Å²) in [4.78, 5) is 14.7. The molecule has 3 heterocycles. The van der Waals surface area contributed by atoms with E-state index in [0.29, 0.717) is 13.2 Å². The number of rotatable bonds is 4. The zero-order valence-corrected chi connectivity index (χ0v) is 14.1. The molecule has 0 spiro atoms. The molecule has 1 N–H and O–H groups in total. The summed E-state index contributed by atoms with van der Waals surface area (Å²) in [6.45, 7) is 1.43. The highest BCUT2D eigenvalue weighted by Crippen LogP contribution is 2.35. The summed E-state index contributed by atoms with van der Waals surface area (Å²) in [6, 6.07) is 7.64. The number of nitrogens with one attached hydrogen (secondary N) is 1. The number of carbonyl (C=O) groups is 1. The summed E-state index contributed by atoms with van der Waals surface area (Å²) in [6.07, 6.45) is 3.13. The zero-order valence-electron chi connectivity index (χ0n) is 14.1. The van der Waals surface area contributed by atoms with Crippen LogP contribution in [0.2, 0.25) is 0 Å². The molecule has 1 fully saturated rings. The zero-order chi connectivity index (χ0) is 17.2. The first-order chi connectivity index (χ1) is 12.2. The van der Waals surface area contributed by atoms with Crippen molar-refractivity contribution in [2.45, 2.75) is 25.5 Å². The van der Waals surface area contributed by atoms with Gasteiger partial charge in [0.2, 0.25) is 12.7 Å². The van der Waals surface area contributed by atoms with Gasteiger partial charge in [0, 0.05) is 26.4 Å². The van der Waals surface area contributed by atoms with Gasteiger partial charge in [-0.25, -0.2) is 0 Å². The van der Waals surface area contributed by atoms with Crippen LogP contribution >= 0.6 is 0 Å². The highest BCUT2D eigenvalue weighted by atomic mass is 16.7. The van der Waals surface area contributed by atoms with E-state index in [1.807, 2.05) is 31.3 Å². The highest BCUT2D eigenvalue weighted by molar-refractivity contribution is 5.79. The molecule has 0 aliphatic carbocycles. The first-order valence-corrected chi connectivity index (χ1v) is 8.47. The number of carbonyl (C=O) groups excluding carboxylic acids is 1. The SMILES string of the molecule is CN(Cc1ccc2c(c1)OCO2)C(=O)[C@@H]1CCCO[C@H]1c1ccn[nH]1. The lowest BCUT2D eigenvalue weighted by Crippen LogP contribution is -2.38. The molecular weight excluding hydrogens is 322 g/mol. The number of ether oxygens (including phenoxy) is 3. The lowest BCUT2D eigenvalue weighted by Gasteiger charge is -2.33. The van der Waals surface area contributed by atoms with Crippen LogP contribution in [0.3, 0.4) is 0 Å². The number of H-pyrrole nitrogens is 1. The quantitative estimate of drug-likeness (QED) is 0.921. The normalized spacial score (nSPS) is 22.0. The summed E-state index contributed by atoms with van der Waals surface area (Å²) >= 11 is 0. The number of hydrogen-bond donors (Lipinski definition) is 1. The van der Waals surface area contributed by atoms with Crippen molar-refractivity contribution in [1.29, 1.82) is 0 Å². The minimum atomic E-state index is -0.261. The van der Waals surface area contributed by atoms with E-state index in [4.69, 9.17) is 14.2 Å². The van der Waals surface area contributed by atoms with E-state index in [1.54, 1.807) is 11.1 Å². The van der Waals surface area contributed by atoms with Crippen LogP contribution in [0, 0.1) is 5.92 Å². The number of fused-ring (bicyclic) bond motifs is 1. The maximum absolute atomic E-state index is 13.0. The fraction of sp³-hybridized carbons (Fsp3) is 0.444. The lowest BCUT2D eigenvalue weighted by molar-refractivity contribution is -0.145. The molecule has 0 unspecified atom stereocenters. The molecule has 2 atom stereocenters. The van der Waals surface area contributed by atoms with Crippen molar-refractivity contribution in [3.63, 3.8) is 0 Å². The molecule has 132 valence electrons. The minimum Gasteiger partial charge on any atom is -0.454 e. The average molecular weight is 343 g/mol. The maximum Gasteiger partial charge on any atom is 0.231 e. The molecule has 0 saturated carbocycles. The third-order valence-corrected chi connectivity index (χ3v) is 4.70. The number of amides is 1. The van der Waals surface area contributed by atoms with Crippen LogP contribution in [-0.2, 0) is 16.1 Å². The standard InChI is InChI=1S/C18H21N3O4/c1-21(10-12-4-5-15-16(9-12)25-11-24-15)18(22)13-3-2-8-23-17(13)14-6-7-19-20-14/h4-7,9,13,17H,2-3,8,10-11H2,1H3,(H,19,20)/t13-,17-/m1/s1. The van der Waals surface area contributed by atoms with Crippen LogP contribution < -0.4 is 9.47 Å². The molecule has 1 aromatic carbocycles. The Bertz CT molecular complexity index is 747. The Morgan fingerprint density at radius 1 is 1.32 bits per heavy atom. The second-order valence-electron chi connectivity index (χ2n) is 6.43. The second kappa shape index (κ2) is 6.76. The average Bonchev–Trinajstić information content (AvgIpc) is 3.32. The van der Waals surface area contributed by atoms with Gasteiger partial charge in [-0.15, -0.1) is 0 Å². The van der Waals surface area contributed by atoms with Crippen LogP contribution in [0.4, 0.5) is 0 Å². The molecule has 4 rings (SSSR count). The highest BCUT2D eigenvalue weighted by Gasteiger charge is 2.35. The van der Waals surface area contributed by atoms with Gasteiger partial charge in [-0.1, -0.05) is 6.07 Å². The van der Waals surface area contributed by atoms with Crippen molar-refractivity contribution >= 4 is 5.91 Å². The van der Waals surface area contributed by atoms with Crippen LogP contribution in [-0.4, -0.2) is 41.5 Å². The number of benzene rings is 1. The fourth-order valence-corrected chi connectivity index (χ4v) is 3.44. The second-order valence-corrected chi connectivity index (χ2v) is 6.43. The lowest BCUT2D eigenvalue weighted by atomic mass is 9.91. The van der Waals surface area contributed by atoms with Gasteiger partial charge in [0.05, 0.1) is 11.6 Å². The Hall–Kier alpha value is -2.54. The van der Waals surface area contributed by atoms with E-state index in [-0.39, 0.29) is 24.7 Å². The van der Waals surface area contributed by atoms with Gasteiger partial charge >= 0.3 is 0 Å². The Kier molecular flexibility index (Phi) is 4.31. The number of hydrogen-bond acceptors (Lipinski definition) is 5. The molecule has 1 aromatic heterocycles. The Labute approximate surface area is 145 Å². The van der Waals surface area contributed by atoms with E-state index in [1.165, 1.54) is 0 Å². The van der Waals surface area contributed by atoms with Gasteiger partial charge in [0.1, 0.15) is 6.10 Å². The van der Waals surface area contributed by atoms with Crippen LogP contribution in [0.1, 0.15) is 30.2 Å². The fourth-order valence-electron chi connectivity index (χ4n) is 3.44. The summed E-state index contributed by atoms with van der Waals surface area (Å²) in [7, 11) is 1.82.